The Morgan fingerprint density at radius 1 is 0.951 bits per heavy atom. The van der Waals surface area contributed by atoms with E-state index in [1.54, 1.807) is 50.2 Å². The van der Waals surface area contributed by atoms with Crippen molar-refractivity contribution in [2.45, 2.75) is 89.0 Å². The van der Waals surface area contributed by atoms with Crippen molar-refractivity contribution in [2.24, 2.45) is 11.8 Å². The van der Waals surface area contributed by atoms with Crippen LogP contribution in [0.25, 0.3) is 0 Å². The van der Waals surface area contributed by atoms with Gasteiger partial charge in [-0.1, -0.05) is 63.2 Å². The van der Waals surface area contributed by atoms with Crippen molar-refractivity contribution < 1.29 is 55.9 Å². The van der Waals surface area contributed by atoms with Crippen molar-refractivity contribution in [2.75, 3.05) is 52.7 Å². The number of sulfonamides is 1. The Morgan fingerprint density at radius 3 is 2.31 bits per heavy atom. The first-order valence-corrected chi connectivity index (χ1v) is 24.1. The number of ether oxygens (including phenoxy) is 5. The van der Waals surface area contributed by atoms with Gasteiger partial charge in [-0.2, -0.15) is 4.31 Å². The molecule has 336 valence electrons. The van der Waals surface area contributed by atoms with E-state index in [-0.39, 0.29) is 55.6 Å². The van der Waals surface area contributed by atoms with E-state index in [1.165, 1.54) is 23.5 Å². The standard InChI is InChI=1S/C43H61N4O12PS/c1-6-37(41(49)55-7-2)46-60(51,59-34-11-9-8-10-12-34)24-22-44-26-32-15-13-31(14-16-32)25-38(45-43(50)58-40-29-57-42-36(40)21-23-56-42)39(48)28-47(27-30(3)4)61(52,53)35-19-17-33(54-5)18-20-35/h8-20,30,36-40,42,44,48H,6-7,21-29H2,1-5H3,(H,45,50)(H,46,51)/t36-,37-,38-,39+,40-,42+,60?/m0/s1. The van der Waals surface area contributed by atoms with E-state index in [0.717, 1.165) is 11.1 Å². The Labute approximate surface area is 359 Å². The molecule has 18 heteroatoms. The first-order valence-electron chi connectivity index (χ1n) is 20.8. The van der Waals surface area contributed by atoms with Gasteiger partial charge < -0.3 is 43.9 Å². The van der Waals surface area contributed by atoms with Gasteiger partial charge in [-0.25, -0.2) is 18.3 Å². The molecule has 0 bridgehead atoms. The first-order chi connectivity index (χ1) is 29.2. The predicted octanol–water partition coefficient (Wildman–Crippen LogP) is 5.09. The van der Waals surface area contributed by atoms with E-state index in [9.17, 15) is 27.7 Å². The number of carbonyl (C=O) groups excluding carboxylic acids is 2. The van der Waals surface area contributed by atoms with E-state index in [4.69, 9.17) is 28.2 Å². The number of benzene rings is 3. The van der Waals surface area contributed by atoms with Crippen LogP contribution < -0.4 is 25.0 Å². The summed E-state index contributed by atoms with van der Waals surface area (Å²) in [6.45, 7) is 8.73. The zero-order valence-electron chi connectivity index (χ0n) is 35.6. The molecule has 7 atom stereocenters. The van der Waals surface area contributed by atoms with Crippen LogP contribution in [0.1, 0.15) is 51.7 Å². The lowest BCUT2D eigenvalue weighted by molar-refractivity contribution is -0.145. The Kier molecular flexibility index (Phi) is 18.0. The van der Waals surface area contributed by atoms with Crippen molar-refractivity contribution in [1.29, 1.82) is 0 Å². The SMILES string of the molecule is CCOC(=O)[C@H](CC)NP(=O)(CCNCc1ccc(C[C@H](NC(=O)O[C@H]2CO[C@H]3OCC[C@H]32)[C@H](O)CN(CC(C)C)S(=O)(=O)c2ccc(OC)cc2)cc1)Oc1ccccc1. The Balaban J connectivity index is 1.26. The second-order valence-corrected chi connectivity index (χ2v) is 19.7. The van der Waals surface area contributed by atoms with Gasteiger partial charge in [0.05, 0.1) is 56.1 Å². The Bertz CT molecular complexity index is 1990. The number of methoxy groups -OCH3 is 1. The van der Waals surface area contributed by atoms with Gasteiger partial charge in [-0.05, 0) is 79.6 Å². The lowest BCUT2D eigenvalue weighted by atomic mass is 10.00. The summed E-state index contributed by atoms with van der Waals surface area (Å²) in [5, 5.41) is 20.8. The zero-order chi connectivity index (χ0) is 44.0. The highest BCUT2D eigenvalue weighted by atomic mass is 32.2. The van der Waals surface area contributed by atoms with E-state index in [0.29, 0.717) is 44.0 Å². The predicted molar refractivity (Wildman–Crippen MR) is 229 cm³/mol. The van der Waals surface area contributed by atoms with Gasteiger partial charge in [0.1, 0.15) is 23.6 Å². The molecule has 4 N–H and O–H groups in total. The third-order valence-corrected chi connectivity index (χ3v) is 14.3. The van der Waals surface area contributed by atoms with E-state index < -0.39 is 60.2 Å². The van der Waals surface area contributed by atoms with Crippen LogP contribution in [0.2, 0.25) is 0 Å². The quantitative estimate of drug-likeness (QED) is 0.0527. The van der Waals surface area contributed by atoms with Crippen LogP contribution in [0.4, 0.5) is 4.79 Å². The van der Waals surface area contributed by atoms with E-state index in [2.05, 4.69) is 15.7 Å². The van der Waals surface area contributed by atoms with E-state index >= 15 is 0 Å². The molecule has 1 amide bonds. The number of alkyl carbamates (subject to hydrolysis) is 1. The van der Waals surface area contributed by atoms with Crippen molar-refractivity contribution >= 4 is 29.6 Å². The molecule has 2 fully saturated rings. The van der Waals surface area contributed by atoms with Crippen LogP contribution in [-0.2, 0) is 51.3 Å². The van der Waals surface area contributed by atoms with Crippen molar-refractivity contribution in [3.8, 4) is 11.5 Å². The molecule has 2 aliphatic rings. The molecule has 5 rings (SSSR count). The molecule has 0 aromatic heterocycles. The number of nitrogens with zero attached hydrogens (tertiary/aromatic N) is 1. The highest BCUT2D eigenvalue weighted by Gasteiger charge is 2.44. The molecule has 2 heterocycles. The summed E-state index contributed by atoms with van der Waals surface area (Å²) in [5.74, 6) is 0.258. The molecule has 0 radical (unpaired) electrons. The van der Waals surface area contributed by atoms with Gasteiger partial charge in [0, 0.05) is 26.2 Å². The highest BCUT2D eigenvalue weighted by Crippen LogP contribution is 2.43. The fourth-order valence-electron chi connectivity index (χ4n) is 7.15. The lowest BCUT2D eigenvalue weighted by Crippen LogP contribution is -2.51. The van der Waals surface area contributed by atoms with Crippen LogP contribution in [-0.4, -0.2) is 113 Å². The minimum absolute atomic E-state index is 0.0495. The summed E-state index contributed by atoms with van der Waals surface area (Å²) in [6.07, 6.45) is -1.74. The smallest absolute Gasteiger partial charge is 0.407 e. The molecule has 0 spiro atoms. The fraction of sp³-hybridized carbons (Fsp3) is 0.535. The number of esters is 1. The van der Waals surface area contributed by atoms with Crippen molar-refractivity contribution in [3.63, 3.8) is 0 Å². The minimum atomic E-state index is -4.05. The number of aliphatic hydroxyl groups excluding tert-OH is 1. The first kappa shape index (κ1) is 48.0. The molecule has 2 aliphatic heterocycles. The molecular formula is C43H61N4O12PS. The summed E-state index contributed by atoms with van der Waals surface area (Å²) < 4.78 is 76.5. The minimum Gasteiger partial charge on any atom is -0.497 e. The Morgan fingerprint density at radius 2 is 1.66 bits per heavy atom. The maximum absolute atomic E-state index is 14.1. The number of para-hydroxylation sites is 1. The summed E-state index contributed by atoms with van der Waals surface area (Å²) in [5.41, 5.74) is 1.67. The number of aliphatic hydroxyl groups is 1. The molecule has 0 aliphatic carbocycles. The number of rotatable bonds is 24. The van der Waals surface area contributed by atoms with Crippen LogP contribution in [0, 0.1) is 11.8 Å². The number of fused-ring (bicyclic) bond motifs is 1. The second kappa shape index (κ2) is 22.9. The average molecular weight is 889 g/mol. The lowest BCUT2D eigenvalue weighted by Gasteiger charge is -2.31. The second-order valence-electron chi connectivity index (χ2n) is 15.5. The molecule has 0 saturated carbocycles. The monoisotopic (exact) mass is 888 g/mol. The van der Waals surface area contributed by atoms with Gasteiger partial charge in [0.25, 0.3) is 0 Å². The van der Waals surface area contributed by atoms with Gasteiger partial charge in [-0.3, -0.25) is 9.36 Å². The van der Waals surface area contributed by atoms with Gasteiger partial charge in [0.15, 0.2) is 6.29 Å². The zero-order valence-corrected chi connectivity index (χ0v) is 37.3. The average Bonchev–Trinajstić information content (AvgIpc) is 3.87. The molecule has 3 aromatic carbocycles. The number of carbonyl (C=O) groups is 2. The molecule has 3 aromatic rings. The number of nitrogens with one attached hydrogen (secondary N) is 3. The van der Waals surface area contributed by atoms with Gasteiger partial charge in [0.2, 0.25) is 10.0 Å². The maximum atomic E-state index is 14.1. The van der Waals surface area contributed by atoms with E-state index in [1.807, 2.05) is 44.2 Å². The summed E-state index contributed by atoms with van der Waals surface area (Å²) in [6, 6.07) is 20.6. The van der Waals surface area contributed by atoms with Crippen molar-refractivity contribution in [1.82, 2.24) is 20.0 Å². The van der Waals surface area contributed by atoms with Crippen LogP contribution in [0.15, 0.2) is 83.8 Å². The van der Waals surface area contributed by atoms with Gasteiger partial charge >= 0.3 is 19.6 Å². The van der Waals surface area contributed by atoms with Crippen LogP contribution >= 0.6 is 7.52 Å². The number of amides is 1. The molecule has 1 unspecified atom stereocenters. The highest BCUT2D eigenvalue weighted by molar-refractivity contribution is 7.89. The number of hydrogen-bond donors (Lipinski definition) is 4. The normalized spacial score (nSPS) is 20.0. The summed E-state index contributed by atoms with van der Waals surface area (Å²) in [7, 11) is -6.12. The maximum Gasteiger partial charge on any atom is 0.407 e. The molecule has 16 nitrogen and oxygen atoms in total. The third kappa shape index (κ3) is 14.0. The largest absolute Gasteiger partial charge is 0.497 e. The van der Waals surface area contributed by atoms with Gasteiger partial charge in [-0.15, -0.1) is 0 Å². The fourth-order valence-corrected chi connectivity index (χ4v) is 10.7. The molecule has 2 saturated heterocycles. The Hall–Kier alpha value is -4.06. The van der Waals surface area contributed by atoms with Crippen molar-refractivity contribution in [3.05, 3.63) is 90.0 Å². The molecule has 61 heavy (non-hydrogen) atoms. The summed E-state index contributed by atoms with van der Waals surface area (Å²) >= 11 is 0. The number of hydrogen-bond acceptors (Lipinski definition) is 13. The van der Waals surface area contributed by atoms with Crippen LogP contribution in [0.3, 0.4) is 0 Å². The third-order valence-electron chi connectivity index (χ3n) is 10.4. The molecular weight excluding hydrogens is 828 g/mol. The van der Waals surface area contributed by atoms with Crippen LogP contribution in [0.5, 0.6) is 11.5 Å². The summed E-state index contributed by atoms with van der Waals surface area (Å²) in [4.78, 5) is 26.0. The topological polar surface area (TPSA) is 200 Å².